The van der Waals surface area contributed by atoms with Crippen LogP contribution in [-0.2, 0) is 11.3 Å². The molecule has 0 unspecified atom stereocenters. The molecule has 2 rings (SSSR count). The van der Waals surface area contributed by atoms with Gasteiger partial charge in [-0.2, -0.15) is 0 Å². The number of methoxy groups -OCH3 is 1. The van der Waals surface area contributed by atoms with Crippen molar-refractivity contribution in [2.45, 2.75) is 44.8 Å². The zero-order valence-electron chi connectivity index (χ0n) is 11.2. The van der Waals surface area contributed by atoms with Gasteiger partial charge < -0.3 is 14.6 Å². The lowest BCUT2D eigenvalue weighted by Gasteiger charge is -2.22. The lowest BCUT2D eigenvalue weighted by Crippen LogP contribution is -2.16. The smallest absolute Gasteiger partial charge is 0.339 e. The number of ether oxygens (including phenoxy) is 2. The fraction of sp³-hybridized carbons (Fsp3) is 0.533. The highest BCUT2D eigenvalue weighted by atomic mass is 16.5. The molecular formula is C15H20O4. The minimum absolute atomic E-state index is 0.184. The van der Waals surface area contributed by atoms with Gasteiger partial charge in [-0.1, -0.05) is 25.3 Å². The van der Waals surface area contributed by atoms with Crippen LogP contribution < -0.4 is 4.74 Å². The van der Waals surface area contributed by atoms with E-state index < -0.39 is 5.97 Å². The van der Waals surface area contributed by atoms with E-state index in [0.717, 1.165) is 18.4 Å². The first-order chi connectivity index (χ1) is 9.20. The normalized spacial score (nSPS) is 16.3. The maximum atomic E-state index is 11.0. The Kier molecular flexibility index (Phi) is 4.80. The first-order valence-electron chi connectivity index (χ1n) is 6.72. The molecule has 0 atom stereocenters. The summed E-state index contributed by atoms with van der Waals surface area (Å²) in [6, 6.07) is 5.10. The molecular weight excluding hydrogens is 244 g/mol. The van der Waals surface area contributed by atoms with Crippen molar-refractivity contribution in [3.63, 3.8) is 0 Å². The lowest BCUT2D eigenvalue weighted by molar-refractivity contribution is 0.0168. The lowest BCUT2D eigenvalue weighted by atomic mass is 9.98. The largest absolute Gasteiger partial charge is 0.496 e. The molecule has 0 aromatic heterocycles. The topological polar surface area (TPSA) is 55.8 Å². The van der Waals surface area contributed by atoms with Crippen LogP contribution in [0.5, 0.6) is 5.75 Å². The van der Waals surface area contributed by atoms with Gasteiger partial charge in [-0.15, -0.1) is 0 Å². The molecule has 1 aliphatic rings. The second-order valence-corrected chi connectivity index (χ2v) is 4.91. The van der Waals surface area contributed by atoms with Crippen LogP contribution in [0.2, 0.25) is 0 Å². The van der Waals surface area contributed by atoms with Crippen LogP contribution >= 0.6 is 0 Å². The molecule has 0 bridgehead atoms. The van der Waals surface area contributed by atoms with Crippen LogP contribution in [0, 0.1) is 0 Å². The standard InChI is InChI=1S/C15H20O4/c1-18-14-9-11(7-8-13(14)15(16)17)10-19-12-5-3-2-4-6-12/h7-9,12H,2-6,10H2,1H3,(H,16,17). The second kappa shape index (κ2) is 6.57. The third-order valence-corrected chi connectivity index (χ3v) is 3.53. The van der Waals surface area contributed by atoms with E-state index in [4.69, 9.17) is 14.6 Å². The monoisotopic (exact) mass is 264 g/mol. The molecule has 0 heterocycles. The molecule has 0 spiro atoms. The summed E-state index contributed by atoms with van der Waals surface area (Å²) in [5.74, 6) is -0.589. The van der Waals surface area contributed by atoms with E-state index in [1.165, 1.54) is 26.4 Å². The van der Waals surface area contributed by atoms with Crippen LogP contribution in [0.3, 0.4) is 0 Å². The van der Waals surface area contributed by atoms with Crippen molar-refractivity contribution in [2.75, 3.05) is 7.11 Å². The molecule has 1 fully saturated rings. The second-order valence-electron chi connectivity index (χ2n) is 4.91. The summed E-state index contributed by atoms with van der Waals surface area (Å²) in [7, 11) is 1.48. The number of benzene rings is 1. The molecule has 1 saturated carbocycles. The van der Waals surface area contributed by atoms with E-state index >= 15 is 0 Å². The minimum Gasteiger partial charge on any atom is -0.496 e. The summed E-state index contributed by atoms with van der Waals surface area (Å²) in [5, 5.41) is 9.01. The zero-order chi connectivity index (χ0) is 13.7. The summed E-state index contributed by atoms with van der Waals surface area (Å²) < 4.78 is 11.0. The third-order valence-electron chi connectivity index (χ3n) is 3.53. The van der Waals surface area contributed by atoms with Gasteiger partial charge in [0.2, 0.25) is 0 Å². The number of carboxylic acid groups (broad SMARTS) is 1. The Bertz CT molecular complexity index is 436. The van der Waals surface area contributed by atoms with Crippen molar-refractivity contribution < 1.29 is 19.4 Å². The SMILES string of the molecule is COc1cc(COC2CCCCC2)ccc1C(=O)O. The van der Waals surface area contributed by atoms with Crippen molar-refractivity contribution in [3.05, 3.63) is 29.3 Å². The average molecular weight is 264 g/mol. The van der Waals surface area contributed by atoms with Crippen molar-refractivity contribution in [1.82, 2.24) is 0 Å². The van der Waals surface area contributed by atoms with Gasteiger partial charge >= 0.3 is 5.97 Å². The van der Waals surface area contributed by atoms with Gasteiger partial charge in [-0.05, 0) is 30.5 Å². The molecule has 0 radical (unpaired) electrons. The first kappa shape index (κ1) is 13.9. The Morgan fingerprint density at radius 2 is 2.05 bits per heavy atom. The quantitative estimate of drug-likeness (QED) is 0.887. The van der Waals surface area contributed by atoms with Gasteiger partial charge in [0.1, 0.15) is 11.3 Å². The molecule has 1 aromatic rings. The predicted octanol–water partition coefficient (Wildman–Crippen LogP) is 3.24. The maximum Gasteiger partial charge on any atom is 0.339 e. The molecule has 1 aromatic carbocycles. The van der Waals surface area contributed by atoms with Crippen molar-refractivity contribution in [2.24, 2.45) is 0 Å². The highest BCUT2D eigenvalue weighted by Crippen LogP contribution is 2.24. The van der Waals surface area contributed by atoms with E-state index in [2.05, 4.69) is 0 Å². The summed E-state index contributed by atoms with van der Waals surface area (Å²) in [4.78, 5) is 11.0. The molecule has 4 nitrogen and oxygen atoms in total. The van der Waals surface area contributed by atoms with Crippen LogP contribution in [0.15, 0.2) is 18.2 Å². The Balaban J connectivity index is 1.98. The summed E-state index contributed by atoms with van der Waals surface area (Å²) in [5.41, 5.74) is 1.14. The van der Waals surface area contributed by atoms with Gasteiger partial charge in [0.25, 0.3) is 0 Å². The Morgan fingerprint density at radius 1 is 1.32 bits per heavy atom. The van der Waals surface area contributed by atoms with Crippen LogP contribution in [0.4, 0.5) is 0 Å². The number of hydrogen-bond acceptors (Lipinski definition) is 3. The van der Waals surface area contributed by atoms with Crippen molar-refractivity contribution >= 4 is 5.97 Å². The molecule has 0 saturated heterocycles. The van der Waals surface area contributed by atoms with Gasteiger partial charge in [0.15, 0.2) is 0 Å². The Labute approximate surface area is 113 Å². The highest BCUT2D eigenvalue weighted by molar-refractivity contribution is 5.90. The molecule has 1 N–H and O–H groups in total. The summed E-state index contributed by atoms with van der Waals surface area (Å²) >= 11 is 0. The van der Waals surface area contributed by atoms with Crippen LogP contribution in [0.25, 0.3) is 0 Å². The maximum absolute atomic E-state index is 11.0. The fourth-order valence-electron chi connectivity index (χ4n) is 2.45. The zero-order valence-corrected chi connectivity index (χ0v) is 11.2. The van der Waals surface area contributed by atoms with Crippen molar-refractivity contribution in [1.29, 1.82) is 0 Å². The molecule has 104 valence electrons. The number of rotatable bonds is 5. The van der Waals surface area contributed by atoms with E-state index in [-0.39, 0.29) is 5.56 Å². The van der Waals surface area contributed by atoms with Gasteiger partial charge in [0.05, 0.1) is 19.8 Å². The van der Waals surface area contributed by atoms with Gasteiger partial charge in [-0.25, -0.2) is 4.79 Å². The van der Waals surface area contributed by atoms with Gasteiger partial charge in [-0.3, -0.25) is 0 Å². The fourth-order valence-corrected chi connectivity index (χ4v) is 2.45. The van der Waals surface area contributed by atoms with E-state index in [0.29, 0.717) is 18.5 Å². The van der Waals surface area contributed by atoms with Crippen molar-refractivity contribution in [3.8, 4) is 5.75 Å². The first-order valence-corrected chi connectivity index (χ1v) is 6.72. The third kappa shape index (κ3) is 3.70. The van der Waals surface area contributed by atoms with Crippen LogP contribution in [0.1, 0.15) is 48.0 Å². The number of carbonyl (C=O) groups is 1. The summed E-state index contributed by atoms with van der Waals surface area (Å²) in [6.07, 6.45) is 6.40. The molecule has 4 heteroatoms. The minimum atomic E-state index is -0.975. The molecule has 0 aliphatic heterocycles. The van der Waals surface area contributed by atoms with Crippen LogP contribution in [-0.4, -0.2) is 24.3 Å². The van der Waals surface area contributed by atoms with E-state index in [9.17, 15) is 4.79 Å². The molecule has 19 heavy (non-hydrogen) atoms. The molecule has 0 amide bonds. The van der Waals surface area contributed by atoms with Gasteiger partial charge in [0, 0.05) is 0 Å². The Hall–Kier alpha value is -1.55. The number of hydrogen-bond donors (Lipinski definition) is 1. The summed E-state index contributed by atoms with van der Waals surface area (Å²) in [6.45, 7) is 0.515. The predicted molar refractivity (Wildman–Crippen MR) is 71.6 cm³/mol. The Morgan fingerprint density at radius 3 is 2.68 bits per heavy atom. The van der Waals surface area contributed by atoms with E-state index in [1.54, 1.807) is 18.2 Å². The number of aromatic carboxylic acids is 1. The average Bonchev–Trinajstić information content (AvgIpc) is 2.45. The number of carboxylic acids is 1. The highest BCUT2D eigenvalue weighted by Gasteiger charge is 2.15. The molecule has 1 aliphatic carbocycles. The van der Waals surface area contributed by atoms with E-state index in [1.807, 2.05) is 0 Å².